The zero-order chi connectivity index (χ0) is 14.7. The minimum Gasteiger partial charge on any atom is -0.481 e. The third-order valence-electron chi connectivity index (χ3n) is 3.90. The number of carbonyl (C=O) groups excluding carboxylic acids is 1. The molecule has 1 aromatic rings. The molecular weight excluding hydrogens is 274 g/mol. The molecule has 4 nitrogen and oxygen atoms in total. The molecule has 2 unspecified atom stereocenters. The van der Waals surface area contributed by atoms with E-state index < -0.39 is 11.9 Å². The molecule has 0 saturated heterocycles. The molecule has 2 rings (SSSR count). The van der Waals surface area contributed by atoms with Crippen molar-refractivity contribution in [2.75, 3.05) is 6.54 Å². The molecule has 1 aromatic heterocycles. The first-order valence-corrected chi connectivity index (χ1v) is 7.95. The van der Waals surface area contributed by atoms with Gasteiger partial charge in [0.1, 0.15) is 0 Å². The van der Waals surface area contributed by atoms with Gasteiger partial charge in [-0.25, -0.2) is 0 Å². The number of amides is 1. The minimum absolute atomic E-state index is 0.142. The van der Waals surface area contributed by atoms with E-state index in [-0.39, 0.29) is 12.5 Å². The number of aliphatic carboxylic acids is 1. The standard InChI is InChI=1S/C15H21NO3S/c1-3-10(15(18)19)8-16-14(17)13-7-11-6-9(2)4-5-12(11)20-13/h7,9-10H,3-6,8H2,1-2H3,(H,16,17)(H,18,19). The monoisotopic (exact) mass is 295 g/mol. The van der Waals surface area contributed by atoms with Gasteiger partial charge < -0.3 is 10.4 Å². The lowest BCUT2D eigenvalue weighted by Gasteiger charge is -2.16. The molecule has 1 heterocycles. The molecule has 0 bridgehead atoms. The molecule has 5 heteroatoms. The maximum Gasteiger partial charge on any atom is 0.308 e. The summed E-state index contributed by atoms with van der Waals surface area (Å²) in [7, 11) is 0. The Labute approximate surface area is 123 Å². The summed E-state index contributed by atoms with van der Waals surface area (Å²) in [4.78, 5) is 25.0. The number of hydrogen-bond donors (Lipinski definition) is 2. The molecular formula is C15H21NO3S. The van der Waals surface area contributed by atoms with E-state index in [0.29, 0.717) is 17.2 Å². The SMILES string of the molecule is CCC(CNC(=O)c1cc2c(s1)CCC(C)C2)C(=O)O. The number of carbonyl (C=O) groups is 2. The topological polar surface area (TPSA) is 66.4 Å². The van der Waals surface area contributed by atoms with E-state index in [0.717, 1.165) is 12.8 Å². The van der Waals surface area contributed by atoms with Gasteiger partial charge in [-0.15, -0.1) is 11.3 Å². The third kappa shape index (κ3) is 3.39. The van der Waals surface area contributed by atoms with Crippen LogP contribution in [0.3, 0.4) is 0 Å². The molecule has 2 atom stereocenters. The predicted molar refractivity (Wildman–Crippen MR) is 79.3 cm³/mol. The predicted octanol–water partition coefficient (Wildman–Crippen LogP) is 2.71. The van der Waals surface area contributed by atoms with E-state index in [1.165, 1.54) is 16.9 Å². The smallest absolute Gasteiger partial charge is 0.308 e. The van der Waals surface area contributed by atoms with Crippen molar-refractivity contribution in [2.24, 2.45) is 11.8 Å². The number of carboxylic acids is 1. The molecule has 1 amide bonds. The summed E-state index contributed by atoms with van der Waals surface area (Å²) in [5, 5.41) is 11.7. The van der Waals surface area contributed by atoms with Gasteiger partial charge in [0.2, 0.25) is 0 Å². The van der Waals surface area contributed by atoms with Gasteiger partial charge >= 0.3 is 5.97 Å². The lowest BCUT2D eigenvalue weighted by atomic mass is 9.90. The lowest BCUT2D eigenvalue weighted by molar-refractivity contribution is -0.141. The van der Waals surface area contributed by atoms with Crippen LogP contribution in [-0.2, 0) is 17.6 Å². The van der Waals surface area contributed by atoms with Crippen LogP contribution < -0.4 is 5.32 Å². The van der Waals surface area contributed by atoms with Gasteiger partial charge in [0.05, 0.1) is 10.8 Å². The fourth-order valence-electron chi connectivity index (χ4n) is 2.53. The minimum atomic E-state index is -0.855. The van der Waals surface area contributed by atoms with E-state index >= 15 is 0 Å². The number of aryl methyl sites for hydroxylation is 1. The van der Waals surface area contributed by atoms with Gasteiger partial charge in [-0.2, -0.15) is 0 Å². The summed E-state index contributed by atoms with van der Waals surface area (Å²) in [6.07, 6.45) is 3.81. The zero-order valence-electron chi connectivity index (χ0n) is 11.9. The first-order valence-electron chi connectivity index (χ1n) is 7.13. The highest BCUT2D eigenvalue weighted by molar-refractivity contribution is 7.14. The van der Waals surface area contributed by atoms with Crippen molar-refractivity contribution < 1.29 is 14.7 Å². The number of nitrogens with one attached hydrogen (secondary N) is 1. The largest absolute Gasteiger partial charge is 0.481 e. The number of thiophene rings is 1. The molecule has 0 saturated carbocycles. The molecule has 1 aliphatic carbocycles. The summed E-state index contributed by atoms with van der Waals surface area (Å²) in [5.41, 5.74) is 1.30. The van der Waals surface area contributed by atoms with E-state index in [1.54, 1.807) is 11.3 Å². The fourth-order valence-corrected chi connectivity index (χ4v) is 3.65. The molecule has 0 spiro atoms. The average molecular weight is 295 g/mol. The quantitative estimate of drug-likeness (QED) is 0.877. The zero-order valence-corrected chi connectivity index (χ0v) is 12.8. The maximum atomic E-state index is 12.1. The second-order valence-corrected chi connectivity index (χ2v) is 6.70. The Balaban J connectivity index is 1.98. The van der Waals surface area contributed by atoms with Crippen LogP contribution in [0.1, 0.15) is 46.8 Å². The first-order chi connectivity index (χ1) is 9.51. The van der Waals surface area contributed by atoms with Crippen molar-refractivity contribution in [1.29, 1.82) is 0 Å². The van der Waals surface area contributed by atoms with Crippen LogP contribution >= 0.6 is 11.3 Å². The van der Waals surface area contributed by atoms with Gasteiger partial charge in [-0.05, 0) is 43.2 Å². The molecule has 0 fully saturated rings. The van der Waals surface area contributed by atoms with Crippen LogP contribution in [-0.4, -0.2) is 23.5 Å². The summed E-state index contributed by atoms with van der Waals surface area (Å²) in [5.74, 6) is -0.818. The third-order valence-corrected chi connectivity index (χ3v) is 5.14. The summed E-state index contributed by atoms with van der Waals surface area (Å²) < 4.78 is 0. The Kier molecular flexibility index (Phi) is 4.81. The van der Waals surface area contributed by atoms with E-state index in [2.05, 4.69) is 12.2 Å². The second kappa shape index (κ2) is 6.39. The van der Waals surface area contributed by atoms with Crippen LogP contribution in [0.2, 0.25) is 0 Å². The average Bonchev–Trinajstić information content (AvgIpc) is 2.81. The van der Waals surface area contributed by atoms with Crippen LogP contribution in [0.15, 0.2) is 6.07 Å². The highest BCUT2D eigenvalue weighted by Gasteiger charge is 2.22. The van der Waals surface area contributed by atoms with Crippen LogP contribution in [0.4, 0.5) is 0 Å². The Bertz CT molecular complexity index is 509. The van der Waals surface area contributed by atoms with Crippen molar-refractivity contribution in [3.05, 3.63) is 21.4 Å². The van der Waals surface area contributed by atoms with Gasteiger partial charge in [0.25, 0.3) is 5.91 Å². The van der Waals surface area contributed by atoms with Crippen molar-refractivity contribution in [3.8, 4) is 0 Å². The van der Waals surface area contributed by atoms with E-state index in [1.807, 2.05) is 13.0 Å². The summed E-state index contributed by atoms with van der Waals surface area (Å²) in [6, 6.07) is 1.98. The normalized spacial score (nSPS) is 19.2. The number of carboxylic acid groups (broad SMARTS) is 1. The summed E-state index contributed by atoms with van der Waals surface area (Å²) in [6.45, 7) is 4.25. The number of fused-ring (bicyclic) bond motifs is 1. The summed E-state index contributed by atoms with van der Waals surface area (Å²) >= 11 is 1.55. The van der Waals surface area contributed by atoms with Crippen LogP contribution in [0.5, 0.6) is 0 Å². The first kappa shape index (κ1) is 15.0. The number of hydrogen-bond acceptors (Lipinski definition) is 3. The fraction of sp³-hybridized carbons (Fsp3) is 0.600. The number of rotatable bonds is 5. The Morgan fingerprint density at radius 1 is 1.55 bits per heavy atom. The van der Waals surface area contributed by atoms with Gasteiger partial charge in [-0.1, -0.05) is 13.8 Å². The molecule has 0 radical (unpaired) electrons. The molecule has 2 N–H and O–H groups in total. The second-order valence-electron chi connectivity index (χ2n) is 5.56. The van der Waals surface area contributed by atoms with Crippen LogP contribution in [0.25, 0.3) is 0 Å². The molecule has 0 aromatic carbocycles. The molecule has 0 aliphatic heterocycles. The van der Waals surface area contributed by atoms with Crippen molar-refractivity contribution in [3.63, 3.8) is 0 Å². The highest BCUT2D eigenvalue weighted by Crippen LogP contribution is 2.32. The molecule has 20 heavy (non-hydrogen) atoms. The van der Waals surface area contributed by atoms with Crippen molar-refractivity contribution in [1.82, 2.24) is 5.32 Å². The Morgan fingerprint density at radius 2 is 2.30 bits per heavy atom. The van der Waals surface area contributed by atoms with E-state index in [4.69, 9.17) is 5.11 Å². The Morgan fingerprint density at radius 3 is 2.95 bits per heavy atom. The van der Waals surface area contributed by atoms with Gasteiger partial charge in [0, 0.05) is 11.4 Å². The molecule has 1 aliphatic rings. The van der Waals surface area contributed by atoms with Gasteiger partial charge in [0.15, 0.2) is 0 Å². The molecule has 110 valence electrons. The highest BCUT2D eigenvalue weighted by atomic mass is 32.1. The van der Waals surface area contributed by atoms with E-state index in [9.17, 15) is 9.59 Å². The van der Waals surface area contributed by atoms with Gasteiger partial charge in [-0.3, -0.25) is 9.59 Å². The van der Waals surface area contributed by atoms with Crippen LogP contribution in [0, 0.1) is 11.8 Å². The maximum absolute atomic E-state index is 12.1. The Hall–Kier alpha value is -1.36. The van der Waals surface area contributed by atoms with Crippen molar-refractivity contribution >= 4 is 23.2 Å². The lowest BCUT2D eigenvalue weighted by Crippen LogP contribution is -2.32. The van der Waals surface area contributed by atoms with Crippen molar-refractivity contribution in [2.45, 2.75) is 39.5 Å².